The lowest BCUT2D eigenvalue weighted by atomic mass is 9.99. The minimum Gasteiger partial charge on any atom is -0.365 e. The maximum atomic E-state index is 12.6. The van der Waals surface area contributed by atoms with Gasteiger partial charge < -0.3 is 15.1 Å². The van der Waals surface area contributed by atoms with E-state index in [1.807, 2.05) is 42.7 Å². The maximum Gasteiger partial charge on any atom is 0.255 e. The fourth-order valence-electron chi connectivity index (χ4n) is 3.66. The molecule has 2 amide bonds. The quantitative estimate of drug-likeness (QED) is 0.902. The molecule has 1 atom stereocenters. The van der Waals surface area contributed by atoms with Crippen LogP contribution in [0, 0.1) is 5.92 Å². The minimum absolute atomic E-state index is 0.0550. The molecule has 0 saturated carbocycles. The number of pyridine rings is 1. The van der Waals surface area contributed by atoms with Crippen molar-refractivity contribution >= 4 is 17.6 Å². The van der Waals surface area contributed by atoms with E-state index in [9.17, 15) is 9.59 Å². The molecule has 3 heterocycles. The Kier molecular flexibility index (Phi) is 5.21. The molecule has 1 unspecified atom stereocenters. The van der Waals surface area contributed by atoms with Crippen molar-refractivity contribution in [2.24, 2.45) is 5.92 Å². The number of piperidine rings is 1. The average molecular weight is 358 g/mol. The van der Waals surface area contributed by atoms with Gasteiger partial charge in [0.15, 0.2) is 0 Å². The van der Waals surface area contributed by atoms with Crippen LogP contribution < -0.4 is 5.32 Å². The molecule has 142 valence electrons. The molecule has 1 aromatic rings. The van der Waals surface area contributed by atoms with Crippen LogP contribution in [0.25, 0.3) is 0 Å². The van der Waals surface area contributed by atoms with E-state index < -0.39 is 0 Å². The van der Waals surface area contributed by atoms with Gasteiger partial charge in [0.05, 0.1) is 11.6 Å². The topological polar surface area (TPSA) is 65.5 Å². The Morgan fingerprint density at radius 3 is 2.46 bits per heavy atom. The standard InChI is InChI=1S/C20H30N4O2/c1-14-7-9-23(10-8-14)19(26)15-5-6-17(21-12-15)22-16-11-18(25)24(13-16)20(2,3)4/h5-6,12,14,16H,7-11,13H2,1-4H3,(H,21,22). The molecular weight excluding hydrogens is 328 g/mol. The summed E-state index contributed by atoms with van der Waals surface area (Å²) in [6.45, 7) is 10.7. The number of carbonyl (C=O) groups excluding carboxylic acids is 2. The molecule has 3 rings (SSSR count). The number of anilines is 1. The van der Waals surface area contributed by atoms with Crippen LogP contribution in [0.1, 0.15) is 57.3 Å². The number of nitrogens with zero attached hydrogens (tertiary/aromatic N) is 3. The zero-order valence-corrected chi connectivity index (χ0v) is 16.3. The first-order valence-electron chi connectivity index (χ1n) is 9.56. The zero-order chi connectivity index (χ0) is 18.9. The Labute approximate surface area is 156 Å². The van der Waals surface area contributed by atoms with Crippen molar-refractivity contribution in [2.75, 3.05) is 25.0 Å². The Morgan fingerprint density at radius 1 is 1.23 bits per heavy atom. The Morgan fingerprint density at radius 2 is 1.92 bits per heavy atom. The predicted molar refractivity (Wildman–Crippen MR) is 102 cm³/mol. The summed E-state index contributed by atoms with van der Waals surface area (Å²) in [6.07, 6.45) is 4.25. The molecule has 1 N–H and O–H groups in total. The Balaban J connectivity index is 1.58. The van der Waals surface area contributed by atoms with E-state index in [1.165, 1.54) is 0 Å². The van der Waals surface area contributed by atoms with Gasteiger partial charge in [-0.2, -0.15) is 0 Å². The van der Waals surface area contributed by atoms with Gasteiger partial charge in [-0.3, -0.25) is 9.59 Å². The second-order valence-corrected chi connectivity index (χ2v) is 8.63. The van der Waals surface area contributed by atoms with E-state index in [0.717, 1.165) is 25.9 Å². The van der Waals surface area contributed by atoms with Crippen molar-refractivity contribution in [3.63, 3.8) is 0 Å². The van der Waals surface area contributed by atoms with E-state index in [-0.39, 0.29) is 23.4 Å². The second kappa shape index (κ2) is 7.25. The van der Waals surface area contributed by atoms with Gasteiger partial charge in [0, 0.05) is 37.8 Å². The highest BCUT2D eigenvalue weighted by molar-refractivity contribution is 5.94. The van der Waals surface area contributed by atoms with Crippen LogP contribution >= 0.6 is 0 Å². The number of aromatic nitrogens is 1. The van der Waals surface area contributed by atoms with Crippen molar-refractivity contribution in [3.05, 3.63) is 23.9 Å². The number of amides is 2. The molecule has 2 aliphatic rings. The monoisotopic (exact) mass is 358 g/mol. The van der Waals surface area contributed by atoms with Gasteiger partial charge in [-0.15, -0.1) is 0 Å². The van der Waals surface area contributed by atoms with Crippen molar-refractivity contribution in [1.82, 2.24) is 14.8 Å². The number of carbonyl (C=O) groups is 2. The summed E-state index contributed by atoms with van der Waals surface area (Å²) >= 11 is 0. The number of likely N-dealkylation sites (tertiary alicyclic amines) is 2. The normalized spacial score (nSPS) is 22.0. The summed E-state index contributed by atoms with van der Waals surface area (Å²) in [6, 6.07) is 3.72. The molecule has 6 heteroatoms. The predicted octanol–water partition coefficient (Wildman–Crippen LogP) is 2.77. The first-order valence-corrected chi connectivity index (χ1v) is 9.56. The largest absolute Gasteiger partial charge is 0.365 e. The molecule has 6 nitrogen and oxygen atoms in total. The van der Waals surface area contributed by atoms with E-state index in [2.05, 4.69) is 17.2 Å². The SMILES string of the molecule is CC1CCN(C(=O)c2ccc(NC3CC(=O)N(C(C)(C)C)C3)nc2)CC1. The zero-order valence-electron chi connectivity index (χ0n) is 16.3. The highest BCUT2D eigenvalue weighted by atomic mass is 16.2. The summed E-state index contributed by atoms with van der Waals surface area (Å²) in [5.41, 5.74) is 0.465. The van der Waals surface area contributed by atoms with Gasteiger partial charge in [0.25, 0.3) is 5.91 Å². The van der Waals surface area contributed by atoms with Crippen LogP contribution in [-0.4, -0.2) is 57.8 Å². The molecule has 0 spiro atoms. The van der Waals surface area contributed by atoms with Crippen LogP contribution in [0.15, 0.2) is 18.3 Å². The molecule has 0 aliphatic carbocycles. The molecule has 0 aromatic carbocycles. The Bertz CT molecular complexity index is 657. The van der Waals surface area contributed by atoms with Crippen LogP contribution in [0.3, 0.4) is 0 Å². The van der Waals surface area contributed by atoms with Crippen molar-refractivity contribution in [2.45, 2.75) is 58.5 Å². The molecular formula is C20H30N4O2. The van der Waals surface area contributed by atoms with Gasteiger partial charge in [-0.05, 0) is 51.7 Å². The number of hydrogen-bond acceptors (Lipinski definition) is 4. The molecule has 0 radical (unpaired) electrons. The van der Waals surface area contributed by atoms with Crippen LogP contribution in [0.5, 0.6) is 0 Å². The third-order valence-corrected chi connectivity index (χ3v) is 5.37. The molecule has 2 aliphatic heterocycles. The van der Waals surface area contributed by atoms with Crippen LogP contribution in [0.4, 0.5) is 5.82 Å². The lowest BCUT2D eigenvalue weighted by Crippen LogP contribution is -2.43. The summed E-state index contributed by atoms with van der Waals surface area (Å²) < 4.78 is 0. The van der Waals surface area contributed by atoms with Crippen molar-refractivity contribution in [3.8, 4) is 0 Å². The van der Waals surface area contributed by atoms with E-state index >= 15 is 0 Å². The molecule has 1 aromatic heterocycles. The average Bonchev–Trinajstić information content (AvgIpc) is 2.96. The first kappa shape index (κ1) is 18.7. The van der Waals surface area contributed by atoms with Crippen LogP contribution in [-0.2, 0) is 4.79 Å². The third kappa shape index (κ3) is 4.17. The third-order valence-electron chi connectivity index (χ3n) is 5.37. The molecule has 0 bridgehead atoms. The molecule has 2 saturated heterocycles. The fraction of sp³-hybridized carbons (Fsp3) is 0.650. The first-order chi connectivity index (χ1) is 12.2. The highest BCUT2D eigenvalue weighted by Gasteiger charge is 2.36. The van der Waals surface area contributed by atoms with Crippen molar-refractivity contribution in [1.29, 1.82) is 0 Å². The second-order valence-electron chi connectivity index (χ2n) is 8.63. The molecule has 2 fully saturated rings. The van der Waals surface area contributed by atoms with Gasteiger partial charge in [0.1, 0.15) is 5.82 Å². The van der Waals surface area contributed by atoms with Gasteiger partial charge in [-0.25, -0.2) is 4.98 Å². The summed E-state index contributed by atoms with van der Waals surface area (Å²) in [4.78, 5) is 33.0. The van der Waals surface area contributed by atoms with E-state index in [1.54, 1.807) is 6.20 Å². The highest BCUT2D eigenvalue weighted by Crippen LogP contribution is 2.24. The lowest BCUT2D eigenvalue weighted by molar-refractivity contribution is -0.131. The van der Waals surface area contributed by atoms with E-state index in [4.69, 9.17) is 0 Å². The van der Waals surface area contributed by atoms with Crippen molar-refractivity contribution < 1.29 is 9.59 Å². The smallest absolute Gasteiger partial charge is 0.255 e. The van der Waals surface area contributed by atoms with Gasteiger partial charge >= 0.3 is 0 Å². The lowest BCUT2D eigenvalue weighted by Gasteiger charge is -2.32. The fourth-order valence-corrected chi connectivity index (χ4v) is 3.66. The minimum atomic E-state index is -0.164. The summed E-state index contributed by atoms with van der Waals surface area (Å²) in [5.74, 6) is 1.64. The summed E-state index contributed by atoms with van der Waals surface area (Å²) in [7, 11) is 0. The number of hydrogen-bond donors (Lipinski definition) is 1. The van der Waals surface area contributed by atoms with Crippen LogP contribution in [0.2, 0.25) is 0 Å². The molecule has 26 heavy (non-hydrogen) atoms. The number of nitrogens with one attached hydrogen (secondary N) is 1. The Hall–Kier alpha value is -2.11. The number of rotatable bonds is 3. The maximum absolute atomic E-state index is 12.6. The summed E-state index contributed by atoms with van der Waals surface area (Å²) in [5, 5.41) is 3.33. The van der Waals surface area contributed by atoms with Gasteiger partial charge in [0.2, 0.25) is 5.91 Å². The van der Waals surface area contributed by atoms with E-state index in [0.29, 0.717) is 30.3 Å². The van der Waals surface area contributed by atoms with Gasteiger partial charge in [-0.1, -0.05) is 6.92 Å².